The lowest BCUT2D eigenvalue weighted by Crippen LogP contribution is -2.10. The molecule has 0 spiro atoms. The van der Waals surface area contributed by atoms with Gasteiger partial charge in [-0.3, -0.25) is 0 Å². The Morgan fingerprint density at radius 3 is 2.68 bits per heavy atom. The van der Waals surface area contributed by atoms with Crippen molar-refractivity contribution in [2.75, 3.05) is 39.3 Å². The number of rotatable bonds is 8. The maximum atomic E-state index is 11.7. The van der Waals surface area contributed by atoms with Crippen LogP contribution in [0.15, 0.2) is 18.2 Å². The van der Waals surface area contributed by atoms with Gasteiger partial charge < -0.3 is 19.9 Å². The third kappa shape index (κ3) is 5.72. The highest BCUT2D eigenvalue weighted by atomic mass is 16.5. The zero-order valence-corrected chi connectivity index (χ0v) is 11.5. The highest BCUT2D eigenvalue weighted by Crippen LogP contribution is 2.13. The van der Waals surface area contributed by atoms with Crippen molar-refractivity contribution >= 4 is 11.7 Å². The molecule has 0 aliphatic heterocycles. The molecule has 0 atom stereocenters. The Kier molecular flexibility index (Phi) is 6.92. The van der Waals surface area contributed by atoms with Crippen LogP contribution in [-0.4, -0.2) is 39.5 Å². The van der Waals surface area contributed by atoms with E-state index in [4.69, 9.17) is 19.9 Å². The number of anilines is 1. The minimum atomic E-state index is -0.358. The summed E-state index contributed by atoms with van der Waals surface area (Å²) >= 11 is 0. The van der Waals surface area contributed by atoms with E-state index in [9.17, 15) is 4.79 Å². The quantitative estimate of drug-likeness (QED) is 0.441. The van der Waals surface area contributed by atoms with Crippen molar-refractivity contribution in [1.29, 1.82) is 0 Å². The molecule has 5 nitrogen and oxygen atoms in total. The summed E-state index contributed by atoms with van der Waals surface area (Å²) in [5.41, 5.74) is 7.76. The summed E-state index contributed by atoms with van der Waals surface area (Å²) in [6.45, 7) is 3.90. The van der Waals surface area contributed by atoms with Crippen molar-refractivity contribution in [1.82, 2.24) is 0 Å². The number of carbonyl (C=O) groups is 1. The number of carbonyl (C=O) groups excluding carboxylic acids is 1. The second-order valence-corrected chi connectivity index (χ2v) is 4.17. The van der Waals surface area contributed by atoms with Crippen molar-refractivity contribution in [2.45, 2.75) is 13.3 Å². The molecule has 0 unspecified atom stereocenters. The molecule has 0 aliphatic rings. The summed E-state index contributed by atoms with van der Waals surface area (Å²) in [7, 11) is 1.62. The van der Waals surface area contributed by atoms with Gasteiger partial charge in [0.05, 0.1) is 25.4 Å². The van der Waals surface area contributed by atoms with E-state index in [2.05, 4.69) is 0 Å². The molecule has 19 heavy (non-hydrogen) atoms. The molecule has 0 saturated heterocycles. The topological polar surface area (TPSA) is 70.8 Å². The molecule has 0 fully saturated rings. The number of benzene rings is 1. The van der Waals surface area contributed by atoms with Crippen LogP contribution in [0.2, 0.25) is 0 Å². The van der Waals surface area contributed by atoms with Crippen LogP contribution in [0.4, 0.5) is 5.69 Å². The first-order valence-electron chi connectivity index (χ1n) is 6.25. The van der Waals surface area contributed by atoms with Gasteiger partial charge in [0, 0.05) is 25.8 Å². The maximum absolute atomic E-state index is 11.7. The van der Waals surface area contributed by atoms with Crippen molar-refractivity contribution in [2.24, 2.45) is 0 Å². The molecule has 0 aromatic heterocycles. The molecule has 106 valence electrons. The highest BCUT2D eigenvalue weighted by molar-refractivity contribution is 5.90. The van der Waals surface area contributed by atoms with Gasteiger partial charge in [-0.1, -0.05) is 6.07 Å². The van der Waals surface area contributed by atoms with Gasteiger partial charge in [0.25, 0.3) is 0 Å². The molecule has 1 aromatic rings. The standard InChI is InChI=1S/C14H21NO4/c1-11-4-5-12(10-13(11)15)14(16)19-7-3-6-18-9-8-17-2/h4-5,10H,3,6-9,15H2,1-2H3. The highest BCUT2D eigenvalue weighted by Gasteiger charge is 2.07. The largest absolute Gasteiger partial charge is 0.462 e. The van der Waals surface area contributed by atoms with Gasteiger partial charge in [-0.05, 0) is 24.6 Å². The van der Waals surface area contributed by atoms with Crippen molar-refractivity contribution < 1.29 is 19.0 Å². The Morgan fingerprint density at radius 2 is 2.00 bits per heavy atom. The second-order valence-electron chi connectivity index (χ2n) is 4.17. The summed E-state index contributed by atoms with van der Waals surface area (Å²) in [6.07, 6.45) is 0.663. The molecule has 0 amide bonds. The van der Waals surface area contributed by atoms with Crippen LogP contribution >= 0.6 is 0 Å². The van der Waals surface area contributed by atoms with Crippen molar-refractivity contribution in [3.05, 3.63) is 29.3 Å². The fourth-order valence-electron chi connectivity index (χ4n) is 1.42. The molecule has 0 saturated carbocycles. The van der Waals surface area contributed by atoms with Crippen molar-refractivity contribution in [3.63, 3.8) is 0 Å². The average molecular weight is 267 g/mol. The van der Waals surface area contributed by atoms with Crippen LogP contribution in [0.1, 0.15) is 22.3 Å². The van der Waals surface area contributed by atoms with Gasteiger partial charge in [0.1, 0.15) is 0 Å². The molecule has 0 bridgehead atoms. The Bertz CT molecular complexity index is 406. The number of esters is 1. The average Bonchev–Trinajstić information content (AvgIpc) is 2.40. The fourth-order valence-corrected chi connectivity index (χ4v) is 1.42. The Balaban J connectivity index is 2.22. The lowest BCUT2D eigenvalue weighted by atomic mass is 10.1. The number of aryl methyl sites for hydroxylation is 1. The number of hydrogen-bond acceptors (Lipinski definition) is 5. The Hall–Kier alpha value is -1.59. The number of methoxy groups -OCH3 is 1. The Morgan fingerprint density at radius 1 is 1.21 bits per heavy atom. The van der Waals surface area contributed by atoms with Crippen LogP contribution in [0.5, 0.6) is 0 Å². The minimum Gasteiger partial charge on any atom is -0.462 e. The van der Waals surface area contributed by atoms with Crippen LogP contribution in [0.25, 0.3) is 0 Å². The molecular weight excluding hydrogens is 246 g/mol. The zero-order chi connectivity index (χ0) is 14.1. The first-order valence-corrected chi connectivity index (χ1v) is 6.25. The summed E-state index contributed by atoms with van der Waals surface area (Å²) in [5, 5.41) is 0. The summed E-state index contributed by atoms with van der Waals surface area (Å²) in [5.74, 6) is -0.358. The van der Waals surface area contributed by atoms with Crippen LogP contribution in [0, 0.1) is 6.92 Å². The first-order chi connectivity index (χ1) is 9.15. The predicted octanol–water partition coefficient (Wildman–Crippen LogP) is 1.79. The van der Waals surface area contributed by atoms with E-state index in [1.807, 2.05) is 6.92 Å². The predicted molar refractivity (Wildman–Crippen MR) is 73.2 cm³/mol. The van der Waals surface area contributed by atoms with E-state index in [0.29, 0.717) is 44.1 Å². The third-order valence-corrected chi connectivity index (χ3v) is 2.61. The molecule has 0 aliphatic carbocycles. The molecule has 2 N–H and O–H groups in total. The lowest BCUT2D eigenvalue weighted by molar-refractivity contribution is 0.0385. The van der Waals surface area contributed by atoms with E-state index in [1.165, 1.54) is 0 Å². The molecule has 0 heterocycles. The van der Waals surface area contributed by atoms with E-state index in [-0.39, 0.29) is 5.97 Å². The smallest absolute Gasteiger partial charge is 0.338 e. The SMILES string of the molecule is COCCOCCCOC(=O)c1ccc(C)c(N)c1. The summed E-state index contributed by atoms with van der Waals surface area (Å²) in [4.78, 5) is 11.7. The van der Waals surface area contributed by atoms with E-state index in [1.54, 1.807) is 25.3 Å². The van der Waals surface area contributed by atoms with Gasteiger partial charge in [0.2, 0.25) is 0 Å². The van der Waals surface area contributed by atoms with Crippen LogP contribution < -0.4 is 5.73 Å². The van der Waals surface area contributed by atoms with Gasteiger partial charge in [0.15, 0.2) is 0 Å². The number of nitrogens with two attached hydrogens (primary N) is 1. The number of hydrogen-bond donors (Lipinski definition) is 1. The number of nitrogen functional groups attached to an aromatic ring is 1. The van der Waals surface area contributed by atoms with Gasteiger partial charge >= 0.3 is 5.97 Å². The van der Waals surface area contributed by atoms with Gasteiger partial charge in [-0.2, -0.15) is 0 Å². The van der Waals surface area contributed by atoms with E-state index in [0.717, 1.165) is 5.56 Å². The first kappa shape index (κ1) is 15.5. The third-order valence-electron chi connectivity index (χ3n) is 2.61. The van der Waals surface area contributed by atoms with Crippen LogP contribution in [-0.2, 0) is 14.2 Å². The monoisotopic (exact) mass is 267 g/mol. The molecule has 0 radical (unpaired) electrons. The Labute approximate surface area is 113 Å². The lowest BCUT2D eigenvalue weighted by Gasteiger charge is -2.07. The zero-order valence-electron chi connectivity index (χ0n) is 11.5. The molecule has 5 heteroatoms. The molecule has 1 rings (SSSR count). The normalized spacial score (nSPS) is 10.4. The second kappa shape index (κ2) is 8.50. The minimum absolute atomic E-state index is 0.333. The fraction of sp³-hybridized carbons (Fsp3) is 0.500. The summed E-state index contributed by atoms with van der Waals surface area (Å²) < 4.78 is 15.2. The molecule has 1 aromatic carbocycles. The molecular formula is C14H21NO4. The number of ether oxygens (including phenoxy) is 3. The van der Waals surface area contributed by atoms with E-state index < -0.39 is 0 Å². The van der Waals surface area contributed by atoms with Gasteiger partial charge in [-0.15, -0.1) is 0 Å². The van der Waals surface area contributed by atoms with Gasteiger partial charge in [-0.25, -0.2) is 4.79 Å². The van der Waals surface area contributed by atoms with Crippen molar-refractivity contribution in [3.8, 4) is 0 Å². The summed E-state index contributed by atoms with van der Waals surface area (Å²) in [6, 6.07) is 5.15. The van der Waals surface area contributed by atoms with Crippen LogP contribution in [0.3, 0.4) is 0 Å². The maximum Gasteiger partial charge on any atom is 0.338 e. The van der Waals surface area contributed by atoms with E-state index >= 15 is 0 Å².